The van der Waals surface area contributed by atoms with Crippen molar-refractivity contribution in [2.24, 2.45) is 0 Å². The van der Waals surface area contributed by atoms with E-state index in [4.69, 9.17) is 0 Å². The van der Waals surface area contributed by atoms with Crippen molar-refractivity contribution in [3.05, 3.63) is 106 Å². The number of pyridine rings is 2. The summed E-state index contributed by atoms with van der Waals surface area (Å²) >= 11 is 1.42. The number of nitrogens with one attached hydrogen (secondary N) is 3. The molecule has 0 bridgehead atoms. The van der Waals surface area contributed by atoms with Crippen LogP contribution in [0.3, 0.4) is 0 Å². The van der Waals surface area contributed by atoms with Crippen molar-refractivity contribution < 1.29 is 4.79 Å². The summed E-state index contributed by atoms with van der Waals surface area (Å²) in [6.07, 6.45) is 3.60. The minimum atomic E-state index is -0.225. The molecule has 0 aliphatic carbocycles. The van der Waals surface area contributed by atoms with Gasteiger partial charge in [-0.2, -0.15) is 0 Å². The molecular formula is C26H23N5OS. The highest BCUT2D eigenvalue weighted by atomic mass is 32.1. The molecular weight excluding hydrogens is 430 g/mol. The first-order valence-electron chi connectivity index (χ1n) is 10.7. The van der Waals surface area contributed by atoms with Crippen LogP contribution in [0.5, 0.6) is 0 Å². The van der Waals surface area contributed by atoms with E-state index in [1.165, 1.54) is 11.3 Å². The number of nitrogens with zero attached hydrogens (tertiary/aromatic N) is 2. The van der Waals surface area contributed by atoms with Gasteiger partial charge >= 0.3 is 0 Å². The number of amides is 1. The van der Waals surface area contributed by atoms with Gasteiger partial charge in [0, 0.05) is 40.2 Å². The lowest BCUT2D eigenvalue weighted by molar-refractivity contribution is 0.103. The smallest absolute Gasteiger partial charge is 0.265 e. The van der Waals surface area contributed by atoms with E-state index >= 15 is 0 Å². The molecule has 0 aliphatic rings. The Morgan fingerprint density at radius 3 is 2.67 bits per heavy atom. The molecule has 1 aromatic carbocycles. The molecule has 3 N–H and O–H groups in total. The fraction of sp³-hybridized carbons (Fsp3) is 0.115. The molecule has 164 valence electrons. The van der Waals surface area contributed by atoms with Crippen molar-refractivity contribution in [3.63, 3.8) is 0 Å². The Balaban J connectivity index is 1.58. The Morgan fingerprint density at radius 2 is 1.91 bits per heavy atom. The largest absolute Gasteiger partial charge is 0.358 e. The summed E-state index contributed by atoms with van der Waals surface area (Å²) in [6, 6.07) is 19.3. The van der Waals surface area contributed by atoms with Crippen LogP contribution < -0.4 is 10.6 Å². The fourth-order valence-corrected chi connectivity index (χ4v) is 4.62. The third-order valence-electron chi connectivity index (χ3n) is 5.52. The molecule has 0 saturated heterocycles. The minimum absolute atomic E-state index is 0.110. The number of aromatic amines is 1. The van der Waals surface area contributed by atoms with Gasteiger partial charge in [-0.25, -0.2) is 4.98 Å². The number of thiophene rings is 1. The van der Waals surface area contributed by atoms with E-state index in [1.807, 2.05) is 73.0 Å². The molecule has 1 amide bonds. The van der Waals surface area contributed by atoms with Gasteiger partial charge < -0.3 is 15.6 Å². The van der Waals surface area contributed by atoms with Crippen molar-refractivity contribution in [2.75, 3.05) is 10.6 Å². The Bertz CT molecular complexity index is 1410. The Kier molecular flexibility index (Phi) is 5.62. The van der Waals surface area contributed by atoms with Crippen LogP contribution in [0, 0.1) is 13.8 Å². The molecule has 5 rings (SSSR count). The normalized spacial score (nSPS) is 11.9. The molecule has 6 nitrogen and oxygen atoms in total. The number of anilines is 2. The van der Waals surface area contributed by atoms with Crippen LogP contribution in [0.4, 0.5) is 11.5 Å². The second kappa shape index (κ2) is 8.88. The number of hydrogen-bond donors (Lipinski definition) is 3. The number of hydrogen-bond acceptors (Lipinski definition) is 5. The third-order valence-corrected chi connectivity index (χ3v) is 6.39. The average Bonchev–Trinajstić information content (AvgIpc) is 3.46. The first-order valence-corrected chi connectivity index (χ1v) is 11.5. The zero-order chi connectivity index (χ0) is 22.8. The van der Waals surface area contributed by atoms with Gasteiger partial charge in [0.25, 0.3) is 5.91 Å². The topological polar surface area (TPSA) is 82.7 Å². The summed E-state index contributed by atoms with van der Waals surface area (Å²) in [5, 5.41) is 9.51. The van der Waals surface area contributed by atoms with E-state index < -0.39 is 0 Å². The number of aromatic nitrogens is 3. The van der Waals surface area contributed by atoms with E-state index in [0.717, 1.165) is 44.9 Å². The summed E-state index contributed by atoms with van der Waals surface area (Å²) in [7, 11) is 0. The molecule has 4 aromatic heterocycles. The maximum Gasteiger partial charge on any atom is 0.265 e. The SMILES string of the molecule is Cc1ccnc(N[C@@H](c2ccccn2)c2c(C)[nH]c3ccc(NC(=O)c4cccs4)cc23)c1. The highest BCUT2D eigenvalue weighted by Gasteiger charge is 2.23. The molecule has 5 aromatic rings. The number of H-pyrrole nitrogens is 1. The van der Waals surface area contributed by atoms with Crippen LogP contribution in [0.1, 0.15) is 38.2 Å². The van der Waals surface area contributed by atoms with Gasteiger partial charge in [-0.3, -0.25) is 9.78 Å². The molecule has 0 saturated carbocycles. The van der Waals surface area contributed by atoms with E-state index in [2.05, 4.69) is 32.5 Å². The standard InChI is InChI=1S/C26H23N5OS/c1-16-10-12-28-23(14-16)31-25(21-6-3-4-11-27-21)24-17(2)29-20-9-8-18(15-19(20)24)30-26(32)22-7-5-13-33-22/h3-15,25,29H,1-2H3,(H,28,31)(H,30,32)/t25-/m0/s1. The molecule has 0 spiro atoms. The second-order valence-corrected chi connectivity index (χ2v) is 8.85. The first-order chi connectivity index (χ1) is 16.1. The van der Waals surface area contributed by atoms with Crippen LogP contribution in [-0.2, 0) is 0 Å². The van der Waals surface area contributed by atoms with E-state index in [1.54, 1.807) is 12.4 Å². The predicted octanol–water partition coefficient (Wildman–Crippen LogP) is 6.09. The lowest BCUT2D eigenvalue weighted by Crippen LogP contribution is -2.15. The summed E-state index contributed by atoms with van der Waals surface area (Å²) < 4.78 is 0. The molecule has 4 heterocycles. The summed E-state index contributed by atoms with van der Waals surface area (Å²) in [5.41, 5.74) is 5.85. The van der Waals surface area contributed by atoms with Crippen LogP contribution in [0.15, 0.2) is 78.4 Å². The van der Waals surface area contributed by atoms with Crippen molar-refractivity contribution >= 4 is 39.7 Å². The highest BCUT2D eigenvalue weighted by Crippen LogP contribution is 2.35. The Morgan fingerprint density at radius 1 is 1.00 bits per heavy atom. The zero-order valence-corrected chi connectivity index (χ0v) is 19.1. The quantitative estimate of drug-likeness (QED) is 0.290. The van der Waals surface area contributed by atoms with Crippen LogP contribution in [-0.4, -0.2) is 20.9 Å². The molecule has 0 unspecified atom stereocenters. The van der Waals surface area contributed by atoms with Gasteiger partial charge in [0.1, 0.15) is 5.82 Å². The van der Waals surface area contributed by atoms with Crippen LogP contribution in [0.25, 0.3) is 10.9 Å². The van der Waals surface area contributed by atoms with Gasteiger partial charge in [0.2, 0.25) is 0 Å². The number of benzene rings is 1. The maximum absolute atomic E-state index is 12.6. The van der Waals surface area contributed by atoms with Gasteiger partial charge in [0.05, 0.1) is 16.6 Å². The molecule has 0 radical (unpaired) electrons. The summed E-state index contributed by atoms with van der Waals surface area (Å²) in [6.45, 7) is 4.10. The maximum atomic E-state index is 12.6. The van der Waals surface area contributed by atoms with Crippen LogP contribution in [0.2, 0.25) is 0 Å². The molecule has 0 aliphatic heterocycles. The minimum Gasteiger partial charge on any atom is -0.358 e. The Hall–Kier alpha value is -3.97. The second-order valence-electron chi connectivity index (χ2n) is 7.91. The van der Waals surface area contributed by atoms with Gasteiger partial charge in [-0.05, 0) is 73.3 Å². The van der Waals surface area contributed by atoms with Crippen molar-refractivity contribution in [1.29, 1.82) is 0 Å². The number of carbonyl (C=O) groups is 1. The monoisotopic (exact) mass is 453 g/mol. The van der Waals surface area contributed by atoms with Gasteiger partial charge in [-0.15, -0.1) is 11.3 Å². The van der Waals surface area contributed by atoms with Crippen molar-refractivity contribution in [1.82, 2.24) is 15.0 Å². The van der Waals surface area contributed by atoms with Crippen LogP contribution >= 0.6 is 11.3 Å². The first kappa shape index (κ1) is 20.9. The Labute approximate surface area is 195 Å². The van der Waals surface area contributed by atoms with Crippen molar-refractivity contribution in [2.45, 2.75) is 19.9 Å². The lowest BCUT2D eigenvalue weighted by Gasteiger charge is -2.20. The molecule has 0 fully saturated rings. The van der Waals surface area contributed by atoms with Crippen molar-refractivity contribution in [3.8, 4) is 0 Å². The predicted molar refractivity (Wildman–Crippen MR) is 134 cm³/mol. The molecule has 1 atom stereocenters. The highest BCUT2D eigenvalue weighted by molar-refractivity contribution is 7.12. The zero-order valence-electron chi connectivity index (χ0n) is 18.3. The average molecular weight is 454 g/mol. The van der Waals surface area contributed by atoms with E-state index in [-0.39, 0.29) is 11.9 Å². The lowest BCUT2D eigenvalue weighted by atomic mass is 9.99. The molecule has 33 heavy (non-hydrogen) atoms. The van der Waals surface area contributed by atoms with Gasteiger partial charge in [0.15, 0.2) is 0 Å². The molecule has 7 heteroatoms. The number of fused-ring (bicyclic) bond motifs is 1. The number of aryl methyl sites for hydroxylation is 2. The third kappa shape index (κ3) is 4.36. The summed E-state index contributed by atoms with van der Waals surface area (Å²) in [4.78, 5) is 25.9. The van der Waals surface area contributed by atoms with E-state index in [9.17, 15) is 4.79 Å². The van der Waals surface area contributed by atoms with Gasteiger partial charge in [-0.1, -0.05) is 12.1 Å². The fourth-order valence-electron chi connectivity index (χ4n) is 4.00. The summed E-state index contributed by atoms with van der Waals surface area (Å²) in [5.74, 6) is 0.670. The number of carbonyl (C=O) groups excluding carboxylic acids is 1. The number of rotatable bonds is 6. The van der Waals surface area contributed by atoms with E-state index in [0.29, 0.717) is 4.88 Å².